The van der Waals surface area contributed by atoms with Crippen molar-refractivity contribution in [2.45, 2.75) is 63.6 Å². The summed E-state index contributed by atoms with van der Waals surface area (Å²) in [7, 11) is 3.28. The van der Waals surface area contributed by atoms with Crippen LogP contribution >= 0.6 is 11.8 Å². The highest BCUT2D eigenvalue weighted by molar-refractivity contribution is 7.99. The maximum absolute atomic E-state index is 13.0. The second kappa shape index (κ2) is 10.8. The molecule has 8 heteroatoms. The van der Waals surface area contributed by atoms with Crippen molar-refractivity contribution in [2.75, 3.05) is 33.1 Å². The number of carbonyl (C=O) groups excluding carboxylic acids is 1. The van der Waals surface area contributed by atoms with E-state index < -0.39 is 0 Å². The number of hydrogen-bond acceptors (Lipinski definition) is 6. The Labute approximate surface area is 201 Å². The molecule has 1 amide bonds. The smallest absolute Gasteiger partial charge is 0.233 e. The van der Waals surface area contributed by atoms with Gasteiger partial charge in [0.1, 0.15) is 0 Å². The number of piperidine rings is 1. The minimum atomic E-state index is 0.198. The Hall–Kier alpha value is -2.22. The summed E-state index contributed by atoms with van der Waals surface area (Å²) in [6.45, 7) is 6.18. The molecule has 1 saturated carbocycles. The molecule has 1 aromatic carbocycles. The van der Waals surface area contributed by atoms with Crippen LogP contribution in [0, 0.1) is 11.8 Å². The van der Waals surface area contributed by atoms with Gasteiger partial charge in [0, 0.05) is 24.7 Å². The second-order valence-electron chi connectivity index (χ2n) is 9.57. The fourth-order valence-electron chi connectivity index (χ4n) is 5.30. The first-order chi connectivity index (χ1) is 16.0. The number of likely N-dealkylation sites (tertiary alicyclic amines) is 1. The van der Waals surface area contributed by atoms with E-state index in [-0.39, 0.29) is 5.91 Å². The summed E-state index contributed by atoms with van der Waals surface area (Å²) in [6, 6.07) is 6.21. The summed E-state index contributed by atoms with van der Waals surface area (Å²) in [6.07, 6.45) is 7.11. The first kappa shape index (κ1) is 23.9. The van der Waals surface area contributed by atoms with Gasteiger partial charge < -0.3 is 14.4 Å². The molecule has 2 fully saturated rings. The normalized spacial score (nSPS) is 21.8. The molecule has 7 nitrogen and oxygen atoms in total. The third-order valence-electron chi connectivity index (χ3n) is 6.79. The van der Waals surface area contributed by atoms with Gasteiger partial charge in [-0.1, -0.05) is 44.9 Å². The van der Waals surface area contributed by atoms with Crippen LogP contribution in [-0.4, -0.2) is 58.6 Å². The van der Waals surface area contributed by atoms with Gasteiger partial charge in [0.05, 0.1) is 20.0 Å². The highest BCUT2D eigenvalue weighted by atomic mass is 32.2. The van der Waals surface area contributed by atoms with Crippen LogP contribution in [0.1, 0.15) is 58.4 Å². The van der Waals surface area contributed by atoms with Crippen molar-refractivity contribution in [1.29, 1.82) is 0 Å². The molecule has 0 bridgehead atoms. The fourth-order valence-corrected chi connectivity index (χ4v) is 6.21. The number of methoxy groups -OCH3 is 2. The van der Waals surface area contributed by atoms with Gasteiger partial charge in [0.2, 0.25) is 5.91 Å². The number of amides is 1. The predicted octanol–water partition coefficient (Wildman–Crippen LogP) is 5.06. The molecule has 2 aromatic rings. The van der Waals surface area contributed by atoms with Crippen molar-refractivity contribution in [3.63, 3.8) is 0 Å². The summed E-state index contributed by atoms with van der Waals surface area (Å²) in [5, 5.41) is 9.96. The Balaban J connectivity index is 1.58. The first-order valence-electron chi connectivity index (χ1n) is 12.1. The van der Waals surface area contributed by atoms with Gasteiger partial charge in [-0.25, -0.2) is 0 Å². The summed E-state index contributed by atoms with van der Waals surface area (Å²) in [5.74, 6) is 3.91. The van der Waals surface area contributed by atoms with E-state index in [1.807, 2.05) is 23.1 Å². The van der Waals surface area contributed by atoms with Gasteiger partial charge in [-0.05, 0) is 49.3 Å². The fraction of sp³-hybridized carbons (Fsp3) is 0.640. The van der Waals surface area contributed by atoms with Gasteiger partial charge in [-0.2, -0.15) is 0 Å². The molecule has 0 spiro atoms. The zero-order chi connectivity index (χ0) is 23.4. The highest BCUT2D eigenvalue weighted by Crippen LogP contribution is 2.38. The molecule has 33 heavy (non-hydrogen) atoms. The Morgan fingerprint density at radius 3 is 2.39 bits per heavy atom. The number of benzene rings is 1. The molecule has 0 unspecified atom stereocenters. The van der Waals surface area contributed by atoms with E-state index in [0.717, 1.165) is 42.5 Å². The van der Waals surface area contributed by atoms with Crippen LogP contribution in [0.4, 0.5) is 0 Å². The van der Waals surface area contributed by atoms with Crippen molar-refractivity contribution >= 4 is 17.7 Å². The average Bonchev–Trinajstić information content (AvgIpc) is 3.26. The molecule has 2 atom stereocenters. The standard InChI is InChI=1S/C25H36N4O3S/c1-17-12-18(2)15-28(14-17)23(30)16-33-25-27-26-24(29(25)20-8-6-5-7-9-20)19-10-11-21(31-3)22(13-19)32-4/h10-11,13,17-18,20H,5-9,12,14-16H2,1-4H3/t17-,18-/m1/s1. The third kappa shape index (κ3) is 5.48. The van der Waals surface area contributed by atoms with Crippen molar-refractivity contribution < 1.29 is 14.3 Å². The van der Waals surface area contributed by atoms with E-state index in [4.69, 9.17) is 9.47 Å². The van der Waals surface area contributed by atoms with Crippen molar-refractivity contribution in [3.05, 3.63) is 18.2 Å². The van der Waals surface area contributed by atoms with Crippen LogP contribution in [0.25, 0.3) is 11.4 Å². The van der Waals surface area contributed by atoms with Crippen LogP contribution in [0.2, 0.25) is 0 Å². The second-order valence-corrected chi connectivity index (χ2v) is 10.5. The SMILES string of the molecule is COc1ccc(-c2nnc(SCC(=O)N3C[C@H](C)C[C@@H](C)C3)n2C2CCCCC2)cc1OC. The maximum atomic E-state index is 13.0. The lowest BCUT2D eigenvalue weighted by atomic mass is 9.92. The third-order valence-corrected chi connectivity index (χ3v) is 7.72. The molecule has 180 valence electrons. The molecule has 1 saturated heterocycles. The number of nitrogens with zero attached hydrogens (tertiary/aromatic N) is 4. The molecule has 0 N–H and O–H groups in total. The predicted molar refractivity (Wildman–Crippen MR) is 131 cm³/mol. The van der Waals surface area contributed by atoms with Crippen LogP contribution in [0.5, 0.6) is 11.5 Å². The lowest BCUT2D eigenvalue weighted by Crippen LogP contribution is -2.43. The van der Waals surface area contributed by atoms with Crippen LogP contribution in [0.3, 0.4) is 0 Å². The van der Waals surface area contributed by atoms with Gasteiger partial charge in [0.25, 0.3) is 0 Å². The summed E-state index contributed by atoms with van der Waals surface area (Å²) < 4.78 is 13.2. The average molecular weight is 473 g/mol. The largest absolute Gasteiger partial charge is 0.493 e. The number of carbonyl (C=O) groups is 1. The lowest BCUT2D eigenvalue weighted by molar-refractivity contribution is -0.130. The van der Waals surface area contributed by atoms with Crippen molar-refractivity contribution in [2.24, 2.45) is 11.8 Å². The van der Waals surface area contributed by atoms with E-state index in [1.54, 1.807) is 14.2 Å². The number of thioether (sulfide) groups is 1. The monoisotopic (exact) mass is 472 g/mol. The van der Waals surface area contributed by atoms with E-state index in [2.05, 4.69) is 28.6 Å². The molecular formula is C25H36N4O3S. The zero-order valence-corrected chi connectivity index (χ0v) is 21.1. The summed E-state index contributed by atoms with van der Waals surface area (Å²) in [5.41, 5.74) is 0.947. The van der Waals surface area contributed by atoms with Crippen LogP contribution in [-0.2, 0) is 4.79 Å². The summed E-state index contributed by atoms with van der Waals surface area (Å²) >= 11 is 1.52. The van der Waals surface area contributed by atoms with Gasteiger partial charge in [-0.3, -0.25) is 9.36 Å². The van der Waals surface area contributed by atoms with E-state index >= 15 is 0 Å². The van der Waals surface area contributed by atoms with Crippen LogP contribution < -0.4 is 9.47 Å². The van der Waals surface area contributed by atoms with Crippen molar-refractivity contribution in [3.8, 4) is 22.9 Å². The number of ether oxygens (including phenoxy) is 2. The Kier molecular flexibility index (Phi) is 7.83. The molecule has 2 aliphatic rings. The lowest BCUT2D eigenvalue weighted by Gasteiger charge is -2.35. The molecule has 1 aromatic heterocycles. The number of aromatic nitrogens is 3. The van der Waals surface area contributed by atoms with Gasteiger partial charge in [-0.15, -0.1) is 10.2 Å². The zero-order valence-electron chi connectivity index (χ0n) is 20.2. The van der Waals surface area contributed by atoms with E-state index in [9.17, 15) is 4.79 Å². The maximum Gasteiger partial charge on any atom is 0.233 e. The number of rotatable bonds is 7. The topological polar surface area (TPSA) is 69.5 Å². The molecular weight excluding hydrogens is 436 g/mol. The van der Waals surface area contributed by atoms with E-state index in [0.29, 0.717) is 35.1 Å². The Bertz CT molecular complexity index is 947. The van der Waals surface area contributed by atoms with Crippen LogP contribution in [0.15, 0.2) is 23.4 Å². The minimum Gasteiger partial charge on any atom is -0.493 e. The number of hydrogen-bond donors (Lipinski definition) is 0. The minimum absolute atomic E-state index is 0.198. The molecule has 1 aliphatic heterocycles. The molecule has 0 radical (unpaired) electrons. The quantitative estimate of drug-likeness (QED) is 0.525. The molecule has 4 rings (SSSR count). The van der Waals surface area contributed by atoms with Crippen molar-refractivity contribution in [1.82, 2.24) is 19.7 Å². The first-order valence-corrected chi connectivity index (χ1v) is 13.1. The molecule has 2 heterocycles. The highest BCUT2D eigenvalue weighted by Gasteiger charge is 2.28. The van der Waals surface area contributed by atoms with Gasteiger partial charge in [0.15, 0.2) is 22.5 Å². The Morgan fingerprint density at radius 1 is 1.03 bits per heavy atom. The molecule has 1 aliphatic carbocycles. The van der Waals surface area contributed by atoms with E-state index in [1.165, 1.54) is 37.4 Å². The summed E-state index contributed by atoms with van der Waals surface area (Å²) in [4.78, 5) is 15.0. The van der Waals surface area contributed by atoms with Gasteiger partial charge >= 0.3 is 0 Å². The Morgan fingerprint density at radius 2 is 1.73 bits per heavy atom.